The van der Waals surface area contributed by atoms with Gasteiger partial charge in [0.25, 0.3) is 0 Å². The number of hydrogen-bond donors (Lipinski definition) is 2. The van der Waals surface area contributed by atoms with Crippen LogP contribution in [0.2, 0.25) is 0 Å². The smallest absolute Gasteiger partial charge is 0.335 e. The van der Waals surface area contributed by atoms with E-state index in [4.69, 9.17) is 4.42 Å². The second kappa shape index (κ2) is 6.39. The Kier molecular flexibility index (Phi) is 4.24. The van der Waals surface area contributed by atoms with Crippen LogP contribution in [0.4, 0.5) is 0 Å². The van der Waals surface area contributed by atoms with Crippen molar-refractivity contribution in [3.05, 3.63) is 46.0 Å². The van der Waals surface area contributed by atoms with Gasteiger partial charge in [0.15, 0.2) is 0 Å². The van der Waals surface area contributed by atoms with Crippen LogP contribution in [0, 0.1) is 22.7 Å². The standard InChI is InChI=1S/C24H30O5/c1-22-9-7-19-20(4-3-16-12-17(26)6-10-23(16,19)14-25)24(22,28)11-8-18(22)15-2-5-21(27)29-13-15/h2,5,12-14,17-20,26,28H,3-4,6-11H2,1H3/t17-,18+,19-,20+,22+,23+,24+/m0/s1. The summed E-state index contributed by atoms with van der Waals surface area (Å²) in [6.07, 6.45) is 10.4. The van der Waals surface area contributed by atoms with E-state index >= 15 is 0 Å². The molecule has 0 amide bonds. The molecule has 4 aliphatic carbocycles. The fourth-order valence-corrected chi connectivity index (χ4v) is 7.71. The van der Waals surface area contributed by atoms with Crippen molar-refractivity contribution >= 4 is 6.29 Å². The zero-order valence-corrected chi connectivity index (χ0v) is 17.0. The molecule has 5 nitrogen and oxygen atoms in total. The quantitative estimate of drug-likeness (QED) is 0.589. The summed E-state index contributed by atoms with van der Waals surface area (Å²) in [5, 5.41) is 22.2. The van der Waals surface area contributed by atoms with Crippen LogP contribution in [0.3, 0.4) is 0 Å². The highest BCUT2D eigenvalue weighted by Gasteiger charge is 2.67. The van der Waals surface area contributed by atoms with Gasteiger partial charge in [0.05, 0.1) is 23.4 Å². The van der Waals surface area contributed by atoms with Gasteiger partial charge in [-0.05, 0) is 80.8 Å². The molecule has 0 bridgehead atoms. The summed E-state index contributed by atoms with van der Waals surface area (Å²) in [5.74, 6) is 0.368. The molecule has 29 heavy (non-hydrogen) atoms. The second-order valence-corrected chi connectivity index (χ2v) is 10.1. The van der Waals surface area contributed by atoms with Crippen molar-refractivity contribution in [3.63, 3.8) is 0 Å². The molecule has 0 spiro atoms. The molecule has 3 saturated carbocycles. The molecule has 3 fully saturated rings. The first-order valence-electron chi connectivity index (χ1n) is 11.0. The molecule has 0 saturated heterocycles. The van der Waals surface area contributed by atoms with Crippen LogP contribution >= 0.6 is 0 Å². The molecule has 1 aromatic heterocycles. The van der Waals surface area contributed by atoms with E-state index < -0.39 is 17.1 Å². The summed E-state index contributed by atoms with van der Waals surface area (Å²) in [4.78, 5) is 23.8. The molecule has 7 atom stereocenters. The van der Waals surface area contributed by atoms with Crippen molar-refractivity contribution < 1.29 is 19.4 Å². The largest absolute Gasteiger partial charge is 0.431 e. The van der Waals surface area contributed by atoms with E-state index in [1.54, 1.807) is 6.26 Å². The van der Waals surface area contributed by atoms with E-state index in [0.717, 1.165) is 49.5 Å². The Labute approximate surface area is 170 Å². The van der Waals surface area contributed by atoms with Gasteiger partial charge >= 0.3 is 5.63 Å². The van der Waals surface area contributed by atoms with Crippen LogP contribution in [0.1, 0.15) is 69.8 Å². The van der Waals surface area contributed by atoms with Crippen LogP contribution in [-0.2, 0) is 4.79 Å². The Morgan fingerprint density at radius 2 is 1.93 bits per heavy atom. The number of hydrogen-bond acceptors (Lipinski definition) is 5. The second-order valence-electron chi connectivity index (χ2n) is 10.1. The number of aliphatic hydroxyl groups excluding tert-OH is 1. The third-order valence-corrected chi connectivity index (χ3v) is 9.21. The maximum atomic E-state index is 12.4. The first kappa shape index (κ1) is 19.3. The third kappa shape index (κ3) is 2.46. The van der Waals surface area contributed by atoms with Crippen molar-refractivity contribution in [2.45, 2.75) is 75.9 Å². The Morgan fingerprint density at radius 3 is 2.66 bits per heavy atom. The van der Waals surface area contributed by atoms with Crippen LogP contribution < -0.4 is 5.63 Å². The predicted octanol–water partition coefficient (Wildman–Crippen LogP) is 3.34. The summed E-state index contributed by atoms with van der Waals surface area (Å²) in [5.41, 5.74) is 0.0938. The number of fused-ring (bicyclic) bond motifs is 5. The Morgan fingerprint density at radius 1 is 1.10 bits per heavy atom. The highest BCUT2D eigenvalue weighted by Crippen LogP contribution is 2.69. The van der Waals surface area contributed by atoms with Crippen molar-refractivity contribution in [1.82, 2.24) is 0 Å². The number of carbonyl (C=O) groups excluding carboxylic acids is 1. The molecule has 4 aliphatic rings. The molecule has 156 valence electrons. The number of allylic oxidation sites excluding steroid dienone is 1. The zero-order valence-electron chi connectivity index (χ0n) is 17.0. The average Bonchev–Trinajstić information content (AvgIpc) is 3.00. The van der Waals surface area contributed by atoms with E-state index in [-0.39, 0.29) is 28.8 Å². The van der Waals surface area contributed by atoms with Crippen molar-refractivity contribution in [2.75, 3.05) is 0 Å². The maximum absolute atomic E-state index is 12.4. The summed E-state index contributed by atoms with van der Waals surface area (Å²) in [6, 6.07) is 3.31. The van der Waals surface area contributed by atoms with Crippen LogP contribution in [0.25, 0.3) is 0 Å². The van der Waals surface area contributed by atoms with E-state index in [1.165, 1.54) is 6.07 Å². The molecule has 0 aliphatic heterocycles. The SMILES string of the molecule is C[C@]12CC[C@H]3[C@@H](CCC4=C[C@@H](O)CC[C@@]43C=O)[C@]1(O)CC[C@@H]2c1ccc(=O)oc1. The van der Waals surface area contributed by atoms with Crippen molar-refractivity contribution in [3.8, 4) is 0 Å². The predicted molar refractivity (Wildman–Crippen MR) is 107 cm³/mol. The molecule has 2 N–H and O–H groups in total. The van der Waals surface area contributed by atoms with Crippen LogP contribution in [0.15, 0.2) is 39.3 Å². The lowest BCUT2D eigenvalue weighted by Gasteiger charge is -2.61. The average molecular weight is 398 g/mol. The molecule has 0 aromatic carbocycles. The van der Waals surface area contributed by atoms with E-state index in [1.807, 2.05) is 12.1 Å². The Balaban J connectivity index is 1.53. The number of rotatable bonds is 2. The van der Waals surface area contributed by atoms with Gasteiger partial charge in [0, 0.05) is 11.5 Å². The van der Waals surface area contributed by atoms with Gasteiger partial charge in [-0.2, -0.15) is 0 Å². The highest BCUT2D eigenvalue weighted by atomic mass is 16.4. The lowest BCUT2D eigenvalue weighted by atomic mass is 9.45. The van der Waals surface area contributed by atoms with Crippen molar-refractivity contribution in [1.29, 1.82) is 0 Å². The minimum atomic E-state index is -0.825. The monoisotopic (exact) mass is 398 g/mol. The van der Waals surface area contributed by atoms with Crippen LogP contribution in [0.5, 0.6) is 0 Å². The Hall–Kier alpha value is -1.72. The van der Waals surface area contributed by atoms with E-state index in [9.17, 15) is 19.8 Å². The van der Waals surface area contributed by atoms with E-state index in [0.29, 0.717) is 19.3 Å². The maximum Gasteiger partial charge on any atom is 0.335 e. The third-order valence-electron chi connectivity index (χ3n) is 9.21. The van der Waals surface area contributed by atoms with Gasteiger partial charge < -0.3 is 19.4 Å². The van der Waals surface area contributed by atoms with Gasteiger partial charge in [-0.15, -0.1) is 0 Å². The lowest BCUT2D eigenvalue weighted by Crippen LogP contribution is -2.61. The summed E-state index contributed by atoms with van der Waals surface area (Å²) in [7, 11) is 0. The molecule has 1 aromatic rings. The van der Waals surface area contributed by atoms with Gasteiger partial charge in [0.2, 0.25) is 0 Å². The molecule has 1 heterocycles. The minimum Gasteiger partial charge on any atom is -0.431 e. The fraction of sp³-hybridized carbons (Fsp3) is 0.667. The van der Waals surface area contributed by atoms with E-state index in [2.05, 4.69) is 6.92 Å². The molecule has 0 radical (unpaired) electrons. The lowest BCUT2D eigenvalue weighted by molar-refractivity contribution is -0.179. The zero-order chi connectivity index (χ0) is 20.4. The molecular weight excluding hydrogens is 368 g/mol. The summed E-state index contributed by atoms with van der Waals surface area (Å²) in [6.45, 7) is 2.19. The topological polar surface area (TPSA) is 87.7 Å². The molecule has 5 heteroatoms. The number of aliphatic hydroxyl groups is 2. The fourth-order valence-electron chi connectivity index (χ4n) is 7.71. The Bertz CT molecular complexity index is 898. The first-order chi connectivity index (χ1) is 13.8. The molecular formula is C24H30O5. The molecule has 5 rings (SSSR count). The van der Waals surface area contributed by atoms with Crippen molar-refractivity contribution in [2.24, 2.45) is 22.7 Å². The number of aldehydes is 1. The normalized spacial score (nSPS) is 46.2. The number of carbonyl (C=O) groups is 1. The van der Waals surface area contributed by atoms with Gasteiger partial charge in [0.1, 0.15) is 6.29 Å². The van der Waals surface area contributed by atoms with Gasteiger partial charge in [-0.25, -0.2) is 4.79 Å². The minimum absolute atomic E-state index is 0.0829. The van der Waals surface area contributed by atoms with Gasteiger partial charge in [-0.3, -0.25) is 0 Å². The summed E-state index contributed by atoms with van der Waals surface area (Å²) < 4.78 is 5.13. The van der Waals surface area contributed by atoms with Crippen LogP contribution in [-0.4, -0.2) is 28.2 Å². The molecule has 0 unspecified atom stereocenters. The first-order valence-corrected chi connectivity index (χ1v) is 11.0. The highest BCUT2D eigenvalue weighted by molar-refractivity contribution is 5.67. The summed E-state index contributed by atoms with van der Waals surface area (Å²) >= 11 is 0. The van der Waals surface area contributed by atoms with Gasteiger partial charge in [-0.1, -0.05) is 18.6 Å².